The van der Waals surface area contributed by atoms with Gasteiger partial charge in [0.25, 0.3) is 0 Å². The molecule has 0 saturated carbocycles. The van der Waals surface area contributed by atoms with E-state index in [1.165, 1.54) is 17.5 Å². The highest BCUT2D eigenvalue weighted by Gasteiger charge is 2.18. The van der Waals surface area contributed by atoms with Crippen LogP contribution in [0.25, 0.3) is 16.7 Å². The van der Waals surface area contributed by atoms with E-state index < -0.39 is 0 Å². The van der Waals surface area contributed by atoms with Crippen molar-refractivity contribution in [3.8, 4) is 5.82 Å². The second-order valence-corrected chi connectivity index (χ2v) is 7.72. The zero-order valence-electron chi connectivity index (χ0n) is 15.9. The molecule has 1 unspecified atom stereocenters. The molecule has 0 amide bonds. The molecule has 9 heteroatoms. The van der Waals surface area contributed by atoms with Crippen LogP contribution in [-0.2, 0) is 11.8 Å². The van der Waals surface area contributed by atoms with Gasteiger partial charge in [0.05, 0.1) is 35.1 Å². The summed E-state index contributed by atoms with van der Waals surface area (Å²) >= 11 is 1.52. The third-order valence-electron chi connectivity index (χ3n) is 5.00. The number of pyridine rings is 1. The second-order valence-electron chi connectivity index (χ2n) is 6.84. The second kappa shape index (κ2) is 8.48. The molecule has 0 radical (unpaired) electrons. The molecule has 3 aromatic heterocycles. The van der Waals surface area contributed by atoms with E-state index in [0.29, 0.717) is 5.92 Å². The van der Waals surface area contributed by atoms with Gasteiger partial charge in [-0.25, -0.2) is 9.67 Å². The van der Waals surface area contributed by atoms with Crippen LogP contribution in [0.5, 0.6) is 0 Å². The van der Waals surface area contributed by atoms with E-state index in [4.69, 9.17) is 4.74 Å². The van der Waals surface area contributed by atoms with E-state index in [1.54, 1.807) is 0 Å². The predicted molar refractivity (Wildman–Crippen MR) is 120 cm³/mol. The van der Waals surface area contributed by atoms with Gasteiger partial charge in [-0.2, -0.15) is 23.7 Å². The van der Waals surface area contributed by atoms with Crippen LogP contribution in [-0.4, -0.2) is 37.8 Å². The molecule has 1 saturated heterocycles. The number of hydrogen-bond acceptors (Lipinski definition) is 6. The molecule has 1 N–H and O–H groups in total. The molecular weight excluding hydrogens is 404 g/mol. The third kappa shape index (κ3) is 3.98. The van der Waals surface area contributed by atoms with Crippen LogP contribution >= 0.6 is 25.4 Å². The predicted octanol–water partition coefficient (Wildman–Crippen LogP) is 3.89. The lowest BCUT2D eigenvalue weighted by Crippen LogP contribution is -2.02. The summed E-state index contributed by atoms with van der Waals surface area (Å²) < 4.78 is 12.6. The fourth-order valence-corrected chi connectivity index (χ4v) is 4.17. The fraction of sp³-hybridized carbons (Fsp3) is 0.250. The van der Waals surface area contributed by atoms with Crippen molar-refractivity contribution in [2.45, 2.75) is 17.2 Å². The monoisotopic (exact) mass is 426 g/mol. The van der Waals surface area contributed by atoms with Gasteiger partial charge >= 0.3 is 0 Å². The fourth-order valence-electron chi connectivity index (χ4n) is 3.52. The lowest BCUT2D eigenvalue weighted by Gasteiger charge is -2.09. The number of benzene rings is 1. The standard InChI is InChI=1S/C20H20N6OS.H2S/c1-25-20-15(10-22-25)3-2-4-18(20)24-28-17-11-23-26(12-17)19-9-14(5-7-21-19)16-6-8-27-13-16;/h2-5,7,9-12,16,24H,6,8,13H2,1H3;1H2. The average Bonchev–Trinajstić information content (AvgIpc) is 3.48. The molecule has 1 atom stereocenters. The summed E-state index contributed by atoms with van der Waals surface area (Å²) in [6.07, 6.45) is 8.61. The molecule has 5 rings (SSSR count). The maximum atomic E-state index is 5.51. The van der Waals surface area contributed by atoms with Crippen LogP contribution in [0.15, 0.2) is 60.0 Å². The lowest BCUT2D eigenvalue weighted by atomic mass is 10.00. The summed E-state index contributed by atoms with van der Waals surface area (Å²) in [5.41, 5.74) is 3.36. The van der Waals surface area contributed by atoms with Gasteiger partial charge in [-0.15, -0.1) is 0 Å². The van der Waals surface area contributed by atoms with Crippen molar-refractivity contribution >= 4 is 42.0 Å². The van der Waals surface area contributed by atoms with Gasteiger partial charge in [0, 0.05) is 37.4 Å². The van der Waals surface area contributed by atoms with Gasteiger partial charge in [-0.3, -0.25) is 4.68 Å². The van der Waals surface area contributed by atoms with Crippen LogP contribution < -0.4 is 4.72 Å². The number of anilines is 1. The minimum atomic E-state index is 0. The SMILES string of the molecule is Cn1ncc2cccc(NSc3cnn(-c4cc(C5CCOC5)ccn4)c3)c21.S. The molecule has 1 fully saturated rings. The highest BCUT2D eigenvalue weighted by molar-refractivity contribution is 8.00. The van der Waals surface area contributed by atoms with E-state index in [1.807, 2.05) is 47.3 Å². The van der Waals surface area contributed by atoms with Crippen LogP contribution in [0.2, 0.25) is 0 Å². The molecule has 4 aromatic rings. The van der Waals surface area contributed by atoms with Crippen molar-refractivity contribution in [2.24, 2.45) is 7.05 Å². The van der Waals surface area contributed by atoms with Crippen LogP contribution in [0.4, 0.5) is 5.69 Å². The number of aromatic nitrogens is 5. The number of rotatable bonds is 5. The van der Waals surface area contributed by atoms with E-state index in [9.17, 15) is 0 Å². The summed E-state index contributed by atoms with van der Waals surface area (Å²) in [6.45, 7) is 1.62. The topological polar surface area (TPSA) is 69.8 Å². The number of fused-ring (bicyclic) bond motifs is 1. The molecular formula is C20H22N6OS2. The van der Waals surface area contributed by atoms with Crippen LogP contribution in [0.3, 0.4) is 0 Å². The third-order valence-corrected chi connectivity index (χ3v) is 5.77. The summed E-state index contributed by atoms with van der Waals surface area (Å²) in [7, 11) is 1.95. The molecule has 1 aliphatic heterocycles. The first-order chi connectivity index (χ1) is 13.8. The van der Waals surface area contributed by atoms with Crippen LogP contribution in [0.1, 0.15) is 17.9 Å². The van der Waals surface area contributed by atoms with Crippen molar-refractivity contribution in [2.75, 3.05) is 17.9 Å². The molecule has 150 valence electrons. The maximum Gasteiger partial charge on any atom is 0.153 e. The quantitative estimate of drug-likeness (QED) is 0.488. The van der Waals surface area contributed by atoms with E-state index >= 15 is 0 Å². The average molecular weight is 427 g/mol. The molecule has 4 heterocycles. The van der Waals surface area contributed by atoms with Crippen molar-refractivity contribution in [3.05, 3.63) is 60.7 Å². The van der Waals surface area contributed by atoms with E-state index in [-0.39, 0.29) is 13.5 Å². The first-order valence-corrected chi connectivity index (χ1v) is 10.0. The molecule has 29 heavy (non-hydrogen) atoms. The van der Waals surface area contributed by atoms with Crippen molar-refractivity contribution in [3.63, 3.8) is 0 Å². The van der Waals surface area contributed by atoms with Crippen LogP contribution in [0, 0.1) is 0 Å². The summed E-state index contributed by atoms with van der Waals surface area (Å²) in [4.78, 5) is 5.49. The molecule has 0 aliphatic carbocycles. The highest BCUT2D eigenvalue weighted by atomic mass is 32.2. The number of para-hydroxylation sites is 1. The van der Waals surface area contributed by atoms with E-state index in [0.717, 1.165) is 46.9 Å². The first-order valence-electron chi connectivity index (χ1n) is 9.20. The zero-order valence-corrected chi connectivity index (χ0v) is 17.8. The minimum Gasteiger partial charge on any atom is -0.381 e. The number of nitrogens with zero attached hydrogens (tertiary/aromatic N) is 5. The Morgan fingerprint density at radius 3 is 3.00 bits per heavy atom. The molecule has 0 bridgehead atoms. The molecule has 1 aliphatic rings. The summed E-state index contributed by atoms with van der Waals surface area (Å²) in [5, 5.41) is 9.92. The number of nitrogens with one attached hydrogen (secondary N) is 1. The Morgan fingerprint density at radius 1 is 1.21 bits per heavy atom. The van der Waals surface area contributed by atoms with Crippen molar-refractivity contribution in [1.82, 2.24) is 24.5 Å². The number of ether oxygens (including phenoxy) is 1. The largest absolute Gasteiger partial charge is 0.381 e. The Hall–Kier alpha value is -2.49. The number of aryl methyl sites for hydroxylation is 1. The minimum absolute atomic E-state index is 0. The molecule has 1 aromatic carbocycles. The van der Waals surface area contributed by atoms with Gasteiger partial charge < -0.3 is 9.46 Å². The maximum absolute atomic E-state index is 5.51. The number of hydrogen-bond donors (Lipinski definition) is 1. The summed E-state index contributed by atoms with van der Waals surface area (Å²) in [5.74, 6) is 1.28. The van der Waals surface area contributed by atoms with Gasteiger partial charge in [-0.05, 0) is 42.1 Å². The normalized spacial score (nSPS) is 16.1. The zero-order chi connectivity index (χ0) is 18.9. The van der Waals surface area contributed by atoms with Gasteiger partial charge in [-0.1, -0.05) is 12.1 Å². The highest BCUT2D eigenvalue weighted by Crippen LogP contribution is 2.29. The first kappa shape index (κ1) is 19.8. The Bertz CT molecular complexity index is 1120. The Labute approximate surface area is 180 Å². The Balaban J connectivity index is 0.00000205. The van der Waals surface area contributed by atoms with Gasteiger partial charge in [0.15, 0.2) is 5.82 Å². The Morgan fingerprint density at radius 2 is 2.14 bits per heavy atom. The van der Waals surface area contributed by atoms with Gasteiger partial charge in [0.1, 0.15) is 0 Å². The smallest absolute Gasteiger partial charge is 0.153 e. The van der Waals surface area contributed by atoms with Gasteiger partial charge in [0.2, 0.25) is 0 Å². The summed E-state index contributed by atoms with van der Waals surface area (Å²) in [6, 6.07) is 10.3. The Kier molecular flexibility index (Phi) is 5.79. The van der Waals surface area contributed by atoms with Crippen molar-refractivity contribution in [1.29, 1.82) is 0 Å². The molecule has 7 nitrogen and oxygen atoms in total. The molecule has 0 spiro atoms. The van der Waals surface area contributed by atoms with Crippen molar-refractivity contribution < 1.29 is 4.74 Å². The van der Waals surface area contributed by atoms with E-state index in [2.05, 4.69) is 44.2 Å². The lowest BCUT2D eigenvalue weighted by molar-refractivity contribution is 0.194.